The van der Waals surface area contributed by atoms with Crippen molar-refractivity contribution in [3.05, 3.63) is 28.2 Å². The quantitative estimate of drug-likeness (QED) is 0.843. The molecule has 0 spiro atoms. The van der Waals surface area contributed by atoms with E-state index in [1.165, 1.54) is 0 Å². The summed E-state index contributed by atoms with van der Waals surface area (Å²) in [6.45, 7) is 3.19. The Morgan fingerprint density at radius 2 is 1.87 bits per heavy atom. The van der Waals surface area contributed by atoms with Gasteiger partial charge in [-0.1, -0.05) is 6.07 Å². The summed E-state index contributed by atoms with van der Waals surface area (Å²) < 4.78 is 28.4. The zero-order chi connectivity index (χ0) is 16.6. The molecule has 0 unspecified atom stereocenters. The Balaban J connectivity index is 1.62. The average Bonchev–Trinajstić information content (AvgIpc) is 3.31. The molecule has 1 N–H and O–H groups in total. The Morgan fingerprint density at radius 1 is 1.22 bits per heavy atom. The molecule has 1 saturated carbocycles. The van der Waals surface area contributed by atoms with E-state index in [2.05, 4.69) is 20.7 Å². The van der Waals surface area contributed by atoms with Crippen molar-refractivity contribution < 1.29 is 13.2 Å². The standard InChI is InChI=1S/C16H21BrN2O3S/c1-11-2-5-15(14(17)10-11)23(21,22)18-13-6-8-19(9-7-13)16(20)12-3-4-12/h2,5,10,12-13,18H,3-4,6-9H2,1H3. The van der Waals surface area contributed by atoms with Crippen molar-refractivity contribution in [2.45, 2.75) is 43.5 Å². The van der Waals surface area contributed by atoms with Crippen LogP contribution in [-0.2, 0) is 14.8 Å². The molecule has 1 aromatic carbocycles. The molecule has 0 atom stereocenters. The van der Waals surface area contributed by atoms with E-state index in [0.717, 1.165) is 18.4 Å². The molecule has 2 fully saturated rings. The number of hydrogen-bond donors (Lipinski definition) is 1. The van der Waals surface area contributed by atoms with Gasteiger partial charge in [-0.05, 0) is 66.2 Å². The van der Waals surface area contributed by atoms with Crippen LogP contribution in [0, 0.1) is 12.8 Å². The molecule has 1 heterocycles. The van der Waals surface area contributed by atoms with Crippen molar-refractivity contribution in [2.24, 2.45) is 5.92 Å². The van der Waals surface area contributed by atoms with Crippen LogP contribution in [0.2, 0.25) is 0 Å². The first-order valence-corrected chi connectivity index (χ1v) is 10.2. The third kappa shape index (κ3) is 3.95. The van der Waals surface area contributed by atoms with Crippen LogP contribution in [0.3, 0.4) is 0 Å². The Labute approximate surface area is 145 Å². The number of rotatable bonds is 4. The maximum absolute atomic E-state index is 12.5. The summed E-state index contributed by atoms with van der Waals surface area (Å²) >= 11 is 3.33. The van der Waals surface area contributed by atoms with Crippen molar-refractivity contribution in [3.63, 3.8) is 0 Å². The molecular formula is C16H21BrN2O3S. The van der Waals surface area contributed by atoms with E-state index in [4.69, 9.17) is 0 Å². The molecule has 0 bridgehead atoms. The highest BCUT2D eigenvalue weighted by Gasteiger charge is 2.35. The lowest BCUT2D eigenvalue weighted by Gasteiger charge is -2.32. The van der Waals surface area contributed by atoms with Crippen LogP contribution in [-0.4, -0.2) is 38.4 Å². The van der Waals surface area contributed by atoms with E-state index in [0.29, 0.717) is 30.4 Å². The number of carbonyl (C=O) groups excluding carboxylic acids is 1. The maximum atomic E-state index is 12.5. The predicted molar refractivity (Wildman–Crippen MR) is 91.5 cm³/mol. The van der Waals surface area contributed by atoms with Gasteiger partial charge in [-0.15, -0.1) is 0 Å². The fraction of sp³-hybridized carbons (Fsp3) is 0.562. The van der Waals surface area contributed by atoms with Crippen LogP contribution in [0.4, 0.5) is 0 Å². The zero-order valence-electron chi connectivity index (χ0n) is 13.1. The molecule has 2 aliphatic rings. The van der Waals surface area contributed by atoms with Crippen molar-refractivity contribution in [1.82, 2.24) is 9.62 Å². The molecule has 23 heavy (non-hydrogen) atoms. The van der Waals surface area contributed by atoms with Gasteiger partial charge in [0.2, 0.25) is 15.9 Å². The van der Waals surface area contributed by atoms with Crippen LogP contribution in [0.25, 0.3) is 0 Å². The summed E-state index contributed by atoms with van der Waals surface area (Å²) in [5.74, 6) is 0.472. The smallest absolute Gasteiger partial charge is 0.241 e. The van der Waals surface area contributed by atoms with Gasteiger partial charge in [-0.25, -0.2) is 13.1 Å². The number of nitrogens with one attached hydrogen (secondary N) is 1. The molecular weight excluding hydrogens is 380 g/mol. The van der Waals surface area contributed by atoms with Crippen LogP contribution in [0.1, 0.15) is 31.2 Å². The van der Waals surface area contributed by atoms with E-state index >= 15 is 0 Å². The minimum atomic E-state index is -3.55. The SMILES string of the molecule is Cc1ccc(S(=O)(=O)NC2CCN(C(=O)C3CC3)CC2)c(Br)c1. The normalized spacial score (nSPS) is 19.8. The van der Waals surface area contributed by atoms with Gasteiger partial charge in [0.05, 0.1) is 4.90 Å². The highest BCUT2D eigenvalue weighted by molar-refractivity contribution is 9.10. The third-order valence-electron chi connectivity index (χ3n) is 4.43. The van der Waals surface area contributed by atoms with Crippen LogP contribution < -0.4 is 4.72 Å². The molecule has 5 nitrogen and oxygen atoms in total. The first kappa shape index (κ1) is 16.9. The minimum Gasteiger partial charge on any atom is -0.342 e. The second kappa shape index (κ2) is 6.53. The van der Waals surface area contributed by atoms with Crippen LogP contribution >= 0.6 is 15.9 Å². The number of halogens is 1. The number of sulfonamides is 1. The number of benzene rings is 1. The highest BCUT2D eigenvalue weighted by Crippen LogP contribution is 2.32. The number of nitrogens with zero attached hydrogens (tertiary/aromatic N) is 1. The van der Waals surface area contributed by atoms with Crippen LogP contribution in [0.5, 0.6) is 0 Å². The fourth-order valence-electron chi connectivity index (χ4n) is 2.91. The van der Waals surface area contributed by atoms with Gasteiger partial charge in [0.25, 0.3) is 0 Å². The largest absolute Gasteiger partial charge is 0.342 e. The Bertz CT molecular complexity index is 708. The first-order valence-electron chi connectivity index (χ1n) is 7.94. The zero-order valence-corrected chi connectivity index (χ0v) is 15.5. The summed E-state index contributed by atoms with van der Waals surface area (Å²) in [5, 5.41) is 0. The van der Waals surface area contributed by atoms with Gasteiger partial charge >= 0.3 is 0 Å². The molecule has 1 amide bonds. The van der Waals surface area contributed by atoms with Gasteiger partial charge in [0.1, 0.15) is 0 Å². The Hall–Kier alpha value is -0.920. The summed E-state index contributed by atoms with van der Waals surface area (Å²) in [6.07, 6.45) is 3.35. The van der Waals surface area contributed by atoms with E-state index in [9.17, 15) is 13.2 Å². The summed E-state index contributed by atoms with van der Waals surface area (Å²) in [5.41, 5.74) is 1.00. The van der Waals surface area contributed by atoms with E-state index < -0.39 is 10.0 Å². The molecule has 7 heteroatoms. The van der Waals surface area contributed by atoms with Crippen molar-refractivity contribution >= 4 is 31.9 Å². The molecule has 1 aliphatic carbocycles. The lowest BCUT2D eigenvalue weighted by Crippen LogP contribution is -2.46. The van der Waals surface area contributed by atoms with Crippen LogP contribution in [0.15, 0.2) is 27.6 Å². The molecule has 1 saturated heterocycles. The van der Waals surface area contributed by atoms with Gasteiger partial charge in [-0.2, -0.15) is 0 Å². The summed E-state index contributed by atoms with van der Waals surface area (Å²) in [7, 11) is -3.55. The highest BCUT2D eigenvalue weighted by atomic mass is 79.9. The van der Waals surface area contributed by atoms with Crippen molar-refractivity contribution in [3.8, 4) is 0 Å². The van der Waals surface area contributed by atoms with Gasteiger partial charge in [0.15, 0.2) is 0 Å². The Morgan fingerprint density at radius 3 is 2.43 bits per heavy atom. The second-order valence-corrected chi connectivity index (χ2v) is 8.97. The van der Waals surface area contributed by atoms with E-state index in [1.54, 1.807) is 18.2 Å². The Kier molecular flexibility index (Phi) is 4.80. The fourth-order valence-corrected chi connectivity index (χ4v) is 5.41. The second-order valence-electron chi connectivity index (χ2n) is 6.43. The monoisotopic (exact) mass is 400 g/mol. The summed E-state index contributed by atoms with van der Waals surface area (Å²) in [6, 6.07) is 5.09. The van der Waals surface area contributed by atoms with Crippen molar-refractivity contribution in [2.75, 3.05) is 13.1 Å². The predicted octanol–water partition coefficient (Wildman–Crippen LogP) is 2.44. The number of hydrogen-bond acceptors (Lipinski definition) is 3. The molecule has 1 aromatic rings. The first-order chi connectivity index (χ1) is 10.9. The van der Waals surface area contributed by atoms with Gasteiger partial charge < -0.3 is 4.90 Å². The number of aryl methyl sites for hydroxylation is 1. The number of likely N-dealkylation sites (tertiary alicyclic amines) is 1. The molecule has 126 valence electrons. The average molecular weight is 401 g/mol. The third-order valence-corrected chi connectivity index (χ3v) is 6.93. The number of amides is 1. The lowest BCUT2D eigenvalue weighted by atomic mass is 10.1. The van der Waals surface area contributed by atoms with Gasteiger partial charge in [-0.3, -0.25) is 4.79 Å². The number of piperidine rings is 1. The molecule has 3 rings (SSSR count). The topological polar surface area (TPSA) is 66.5 Å². The van der Waals surface area contributed by atoms with Crippen molar-refractivity contribution in [1.29, 1.82) is 0 Å². The van der Waals surface area contributed by atoms with Gasteiger partial charge in [0, 0.05) is 29.5 Å². The van der Waals surface area contributed by atoms with E-state index in [-0.39, 0.29) is 22.8 Å². The lowest BCUT2D eigenvalue weighted by molar-refractivity contribution is -0.133. The minimum absolute atomic E-state index is 0.114. The molecule has 1 aliphatic heterocycles. The van der Waals surface area contributed by atoms with E-state index in [1.807, 2.05) is 11.8 Å². The molecule has 0 aromatic heterocycles. The molecule has 0 radical (unpaired) electrons. The maximum Gasteiger partial charge on any atom is 0.241 e. The summed E-state index contributed by atoms with van der Waals surface area (Å²) in [4.78, 5) is 14.2. The number of carbonyl (C=O) groups is 1.